The Kier molecular flexibility index (Phi) is 4.44. The molecule has 0 amide bonds. The van der Waals surface area contributed by atoms with E-state index in [2.05, 4.69) is 21.8 Å². The quantitative estimate of drug-likeness (QED) is 0.883. The predicted octanol–water partition coefficient (Wildman–Crippen LogP) is 1.27. The van der Waals surface area contributed by atoms with Crippen molar-refractivity contribution in [3.63, 3.8) is 0 Å². The van der Waals surface area contributed by atoms with Crippen molar-refractivity contribution in [2.24, 2.45) is 0 Å². The van der Waals surface area contributed by atoms with E-state index in [-0.39, 0.29) is 11.8 Å². The molecule has 0 radical (unpaired) electrons. The maximum absolute atomic E-state index is 11.1. The SMILES string of the molecule is CCCN1CCOC(c2ncc(C)c(C(=O)O)n2)C1. The lowest BCUT2D eigenvalue weighted by molar-refractivity contribution is -0.0343. The summed E-state index contributed by atoms with van der Waals surface area (Å²) < 4.78 is 5.66. The number of rotatable bonds is 4. The number of aryl methyl sites for hydroxylation is 1. The highest BCUT2D eigenvalue weighted by Gasteiger charge is 2.25. The van der Waals surface area contributed by atoms with E-state index in [9.17, 15) is 4.79 Å². The van der Waals surface area contributed by atoms with Gasteiger partial charge in [0.1, 0.15) is 6.10 Å². The molecule has 0 saturated carbocycles. The maximum Gasteiger partial charge on any atom is 0.354 e. The summed E-state index contributed by atoms with van der Waals surface area (Å²) in [6.07, 6.45) is 2.40. The normalized spacial score (nSPS) is 20.4. The summed E-state index contributed by atoms with van der Waals surface area (Å²) in [4.78, 5) is 21.7. The topological polar surface area (TPSA) is 75.5 Å². The molecule has 2 heterocycles. The minimum absolute atomic E-state index is 0.0567. The lowest BCUT2D eigenvalue weighted by Gasteiger charge is -2.31. The van der Waals surface area contributed by atoms with E-state index in [0.29, 0.717) is 18.0 Å². The van der Waals surface area contributed by atoms with Gasteiger partial charge in [-0.1, -0.05) is 6.92 Å². The average Bonchev–Trinajstić information content (AvgIpc) is 2.39. The minimum Gasteiger partial charge on any atom is -0.477 e. The fraction of sp³-hybridized carbons (Fsp3) is 0.615. The van der Waals surface area contributed by atoms with E-state index in [4.69, 9.17) is 9.84 Å². The Morgan fingerprint density at radius 2 is 2.42 bits per heavy atom. The van der Waals surface area contributed by atoms with Gasteiger partial charge >= 0.3 is 5.97 Å². The van der Waals surface area contributed by atoms with Gasteiger partial charge < -0.3 is 9.84 Å². The highest BCUT2D eigenvalue weighted by molar-refractivity contribution is 5.86. The Hall–Kier alpha value is -1.53. The van der Waals surface area contributed by atoms with Gasteiger partial charge in [-0.25, -0.2) is 14.8 Å². The fourth-order valence-corrected chi connectivity index (χ4v) is 2.21. The van der Waals surface area contributed by atoms with Crippen LogP contribution in [0.15, 0.2) is 6.20 Å². The van der Waals surface area contributed by atoms with E-state index in [1.165, 1.54) is 0 Å². The molecule has 0 aromatic carbocycles. The van der Waals surface area contributed by atoms with Gasteiger partial charge in [0, 0.05) is 24.8 Å². The summed E-state index contributed by atoms with van der Waals surface area (Å²) in [5, 5.41) is 9.08. The Morgan fingerprint density at radius 3 is 3.11 bits per heavy atom. The first kappa shape index (κ1) is 13.9. The van der Waals surface area contributed by atoms with Gasteiger partial charge in [-0.05, 0) is 19.9 Å². The van der Waals surface area contributed by atoms with E-state index >= 15 is 0 Å². The second-order valence-corrected chi connectivity index (χ2v) is 4.73. The molecule has 2 rings (SSSR count). The Bertz CT molecular complexity index is 462. The maximum atomic E-state index is 11.1. The van der Waals surface area contributed by atoms with E-state index in [1.54, 1.807) is 13.1 Å². The van der Waals surface area contributed by atoms with Crippen LogP contribution in [0.4, 0.5) is 0 Å². The monoisotopic (exact) mass is 265 g/mol. The van der Waals surface area contributed by atoms with Crippen LogP contribution in [-0.2, 0) is 4.74 Å². The van der Waals surface area contributed by atoms with E-state index in [0.717, 1.165) is 26.1 Å². The van der Waals surface area contributed by atoms with Crippen molar-refractivity contribution in [3.05, 3.63) is 23.3 Å². The summed E-state index contributed by atoms with van der Waals surface area (Å²) in [5.41, 5.74) is 0.624. The predicted molar refractivity (Wildman–Crippen MR) is 69.2 cm³/mol. The Balaban J connectivity index is 2.17. The number of nitrogens with zero attached hydrogens (tertiary/aromatic N) is 3. The van der Waals surface area contributed by atoms with Gasteiger partial charge in [-0.3, -0.25) is 4.90 Å². The first-order valence-corrected chi connectivity index (χ1v) is 6.52. The average molecular weight is 265 g/mol. The largest absolute Gasteiger partial charge is 0.477 e. The molecule has 1 aliphatic rings. The molecule has 1 aromatic rings. The number of hydrogen-bond donors (Lipinski definition) is 1. The Labute approximate surface area is 112 Å². The molecule has 1 saturated heterocycles. The first-order valence-electron chi connectivity index (χ1n) is 6.52. The molecule has 1 atom stereocenters. The van der Waals surface area contributed by atoms with Crippen molar-refractivity contribution in [2.45, 2.75) is 26.4 Å². The van der Waals surface area contributed by atoms with Gasteiger partial charge in [0.2, 0.25) is 0 Å². The molecule has 6 heteroatoms. The lowest BCUT2D eigenvalue weighted by atomic mass is 10.2. The first-order chi connectivity index (χ1) is 9.11. The fourth-order valence-electron chi connectivity index (χ4n) is 2.21. The number of carboxylic acid groups (broad SMARTS) is 1. The smallest absolute Gasteiger partial charge is 0.354 e. The van der Waals surface area contributed by atoms with Crippen molar-refractivity contribution in [1.29, 1.82) is 0 Å². The highest BCUT2D eigenvalue weighted by Crippen LogP contribution is 2.20. The molecule has 0 spiro atoms. The lowest BCUT2D eigenvalue weighted by Crippen LogP contribution is -2.39. The zero-order valence-electron chi connectivity index (χ0n) is 11.3. The van der Waals surface area contributed by atoms with Crippen molar-refractivity contribution in [2.75, 3.05) is 26.2 Å². The number of morpholine rings is 1. The second kappa shape index (κ2) is 6.08. The number of hydrogen-bond acceptors (Lipinski definition) is 5. The molecular weight excluding hydrogens is 246 g/mol. The molecule has 1 unspecified atom stereocenters. The van der Waals surface area contributed by atoms with Gasteiger partial charge in [0.05, 0.1) is 6.61 Å². The molecule has 6 nitrogen and oxygen atoms in total. The van der Waals surface area contributed by atoms with Crippen LogP contribution in [0.1, 0.15) is 41.3 Å². The van der Waals surface area contributed by atoms with Gasteiger partial charge in [0.15, 0.2) is 11.5 Å². The second-order valence-electron chi connectivity index (χ2n) is 4.73. The van der Waals surface area contributed by atoms with Crippen LogP contribution in [0, 0.1) is 6.92 Å². The third kappa shape index (κ3) is 3.27. The molecule has 1 N–H and O–H groups in total. The van der Waals surface area contributed by atoms with Crippen LogP contribution >= 0.6 is 0 Å². The molecule has 19 heavy (non-hydrogen) atoms. The molecule has 0 aliphatic carbocycles. The van der Waals surface area contributed by atoms with Crippen molar-refractivity contribution in [3.8, 4) is 0 Å². The van der Waals surface area contributed by atoms with Crippen LogP contribution in [0.2, 0.25) is 0 Å². The van der Waals surface area contributed by atoms with Crippen LogP contribution in [0.5, 0.6) is 0 Å². The number of aromatic carboxylic acids is 1. The molecule has 104 valence electrons. The van der Waals surface area contributed by atoms with Crippen LogP contribution < -0.4 is 0 Å². The number of ether oxygens (including phenoxy) is 1. The molecule has 1 fully saturated rings. The summed E-state index contributed by atoms with van der Waals surface area (Å²) in [7, 11) is 0. The highest BCUT2D eigenvalue weighted by atomic mass is 16.5. The molecule has 1 aromatic heterocycles. The Morgan fingerprint density at radius 1 is 1.63 bits per heavy atom. The van der Waals surface area contributed by atoms with Gasteiger partial charge in [-0.2, -0.15) is 0 Å². The molecule has 1 aliphatic heterocycles. The number of carbonyl (C=O) groups is 1. The van der Waals surface area contributed by atoms with Crippen LogP contribution in [0.25, 0.3) is 0 Å². The van der Waals surface area contributed by atoms with Crippen molar-refractivity contribution < 1.29 is 14.6 Å². The van der Waals surface area contributed by atoms with Crippen LogP contribution in [0.3, 0.4) is 0 Å². The minimum atomic E-state index is -1.03. The van der Waals surface area contributed by atoms with Crippen LogP contribution in [-0.4, -0.2) is 52.2 Å². The van der Waals surface area contributed by atoms with Crippen molar-refractivity contribution in [1.82, 2.24) is 14.9 Å². The zero-order chi connectivity index (χ0) is 13.8. The number of carboxylic acids is 1. The van der Waals surface area contributed by atoms with E-state index in [1.807, 2.05) is 0 Å². The van der Waals surface area contributed by atoms with Gasteiger partial charge in [0.25, 0.3) is 0 Å². The molecular formula is C13H19N3O3. The van der Waals surface area contributed by atoms with Gasteiger partial charge in [-0.15, -0.1) is 0 Å². The van der Waals surface area contributed by atoms with E-state index < -0.39 is 5.97 Å². The van der Waals surface area contributed by atoms with Crippen molar-refractivity contribution >= 4 is 5.97 Å². The summed E-state index contributed by atoms with van der Waals surface area (Å²) >= 11 is 0. The summed E-state index contributed by atoms with van der Waals surface area (Å²) in [5.74, 6) is -0.564. The third-order valence-electron chi connectivity index (χ3n) is 3.17. The zero-order valence-corrected chi connectivity index (χ0v) is 11.3. The summed E-state index contributed by atoms with van der Waals surface area (Å²) in [6, 6.07) is 0. The molecule has 0 bridgehead atoms. The summed E-state index contributed by atoms with van der Waals surface area (Å²) in [6.45, 7) is 7.09. The standard InChI is InChI=1S/C13H19N3O3/c1-3-4-16-5-6-19-10(8-16)12-14-7-9(2)11(15-12)13(17)18/h7,10H,3-6,8H2,1-2H3,(H,17,18). The third-order valence-corrected chi connectivity index (χ3v) is 3.17. The number of aromatic nitrogens is 2.